The molecule has 0 aliphatic heterocycles. The van der Waals surface area contributed by atoms with Crippen LogP contribution in [0.15, 0.2) is 48.4 Å². The number of carbonyl (C=O) groups is 2. The molecule has 1 N–H and O–H groups in total. The summed E-state index contributed by atoms with van der Waals surface area (Å²) in [7, 11) is -4.56. The van der Waals surface area contributed by atoms with E-state index in [-0.39, 0.29) is 24.3 Å². The number of ether oxygens (including phenoxy) is 2. The van der Waals surface area contributed by atoms with Crippen LogP contribution in [0, 0.1) is 0 Å². The van der Waals surface area contributed by atoms with E-state index >= 15 is 0 Å². The topological polar surface area (TPSA) is 107 Å². The highest BCUT2D eigenvalue weighted by Crippen LogP contribution is 2.20. The molecule has 0 saturated heterocycles. The Morgan fingerprint density at radius 3 is 1.27 bits per heavy atom. The van der Waals surface area contributed by atoms with E-state index in [1.54, 1.807) is 0 Å². The third-order valence-electron chi connectivity index (χ3n) is 7.80. The maximum atomic E-state index is 12.8. The molecule has 0 heterocycles. The van der Waals surface area contributed by atoms with Crippen molar-refractivity contribution in [1.82, 2.24) is 0 Å². The van der Waals surface area contributed by atoms with Gasteiger partial charge in [0.15, 0.2) is 0 Å². The van der Waals surface area contributed by atoms with Gasteiger partial charge in [-0.15, -0.1) is 13.2 Å². The molecule has 0 amide bonds. The average molecular weight is 635 g/mol. The van der Waals surface area contributed by atoms with Crippen LogP contribution in [0.4, 0.5) is 0 Å². The van der Waals surface area contributed by atoms with Gasteiger partial charge in [-0.25, -0.2) is 9.59 Å². The first-order chi connectivity index (χ1) is 21.3. The summed E-state index contributed by atoms with van der Waals surface area (Å²) in [5.41, 5.74) is -0.289. The van der Waals surface area contributed by atoms with Crippen molar-refractivity contribution in [3.05, 3.63) is 54.6 Å². The molecule has 44 heavy (non-hydrogen) atoms. The van der Waals surface area contributed by atoms with Crippen LogP contribution in [-0.4, -0.2) is 38.1 Å². The number of rotatable bonds is 29. The molecule has 7 nitrogen and oxygen atoms in total. The molecular formula is C36H58O7S. The molecule has 0 aliphatic carbocycles. The van der Waals surface area contributed by atoms with E-state index in [2.05, 4.69) is 13.2 Å². The maximum absolute atomic E-state index is 12.8. The molecule has 0 aromatic heterocycles. The molecule has 250 valence electrons. The summed E-state index contributed by atoms with van der Waals surface area (Å²) in [5, 5.41) is 0. The number of esters is 2. The van der Waals surface area contributed by atoms with Gasteiger partial charge in [-0.3, -0.25) is 4.55 Å². The molecule has 0 saturated carbocycles. The van der Waals surface area contributed by atoms with E-state index in [0.29, 0.717) is 12.8 Å². The first-order valence-corrected chi connectivity index (χ1v) is 18.4. The normalized spacial score (nSPS) is 11.3. The summed E-state index contributed by atoms with van der Waals surface area (Å²) in [5.74, 6) is -1.52. The summed E-state index contributed by atoms with van der Waals surface area (Å²) in [4.78, 5) is 25.1. The van der Waals surface area contributed by atoms with E-state index in [1.807, 2.05) is 12.2 Å². The van der Waals surface area contributed by atoms with Crippen LogP contribution in [-0.2, 0) is 19.6 Å². The van der Waals surface area contributed by atoms with Gasteiger partial charge in [0.2, 0.25) is 0 Å². The van der Waals surface area contributed by atoms with Gasteiger partial charge in [-0.05, 0) is 56.7 Å². The summed E-state index contributed by atoms with van der Waals surface area (Å²) in [6, 6.07) is 3.26. The van der Waals surface area contributed by atoms with Crippen molar-refractivity contribution in [3.8, 4) is 0 Å². The molecular weight excluding hydrogens is 576 g/mol. The van der Waals surface area contributed by atoms with Gasteiger partial charge in [0.25, 0.3) is 10.1 Å². The van der Waals surface area contributed by atoms with E-state index in [4.69, 9.17) is 9.47 Å². The van der Waals surface area contributed by atoms with Crippen LogP contribution >= 0.6 is 0 Å². The molecule has 0 spiro atoms. The van der Waals surface area contributed by atoms with Crippen LogP contribution < -0.4 is 0 Å². The lowest BCUT2D eigenvalue weighted by Crippen LogP contribution is -2.16. The quantitative estimate of drug-likeness (QED) is 0.0404. The molecule has 1 aromatic rings. The molecule has 0 atom stereocenters. The molecule has 0 fully saturated rings. The average Bonchev–Trinajstić information content (AvgIpc) is 3.00. The van der Waals surface area contributed by atoms with E-state index in [0.717, 1.165) is 63.5 Å². The van der Waals surface area contributed by atoms with Crippen LogP contribution in [0.5, 0.6) is 0 Å². The highest BCUT2D eigenvalue weighted by molar-refractivity contribution is 7.85. The van der Waals surface area contributed by atoms with Crippen molar-refractivity contribution in [2.75, 3.05) is 13.2 Å². The van der Waals surface area contributed by atoms with Gasteiger partial charge < -0.3 is 9.47 Å². The Bertz CT molecular complexity index is 1050. The molecule has 0 aliphatic rings. The largest absolute Gasteiger partial charge is 0.462 e. The lowest BCUT2D eigenvalue weighted by Gasteiger charge is -2.11. The van der Waals surface area contributed by atoms with Gasteiger partial charge in [0.05, 0.1) is 29.2 Å². The predicted octanol–water partition coefficient (Wildman–Crippen LogP) is 10.2. The second-order valence-electron chi connectivity index (χ2n) is 11.7. The zero-order valence-electron chi connectivity index (χ0n) is 27.1. The highest BCUT2D eigenvalue weighted by Gasteiger charge is 2.23. The van der Waals surface area contributed by atoms with Crippen molar-refractivity contribution >= 4 is 22.1 Å². The monoisotopic (exact) mass is 634 g/mol. The summed E-state index contributed by atoms with van der Waals surface area (Å²) >= 11 is 0. The zero-order valence-corrected chi connectivity index (χ0v) is 27.9. The predicted molar refractivity (Wildman–Crippen MR) is 179 cm³/mol. The molecule has 0 radical (unpaired) electrons. The first-order valence-electron chi connectivity index (χ1n) is 17.0. The zero-order chi connectivity index (χ0) is 32.3. The molecule has 1 rings (SSSR count). The van der Waals surface area contributed by atoms with Crippen molar-refractivity contribution < 1.29 is 32.0 Å². The minimum atomic E-state index is -4.56. The fourth-order valence-electron chi connectivity index (χ4n) is 5.13. The van der Waals surface area contributed by atoms with Crippen molar-refractivity contribution in [2.45, 2.75) is 146 Å². The van der Waals surface area contributed by atoms with Gasteiger partial charge in [0, 0.05) is 0 Å². The molecule has 1 aromatic carbocycles. The highest BCUT2D eigenvalue weighted by atomic mass is 32.2. The van der Waals surface area contributed by atoms with Crippen LogP contribution in [0.1, 0.15) is 162 Å². The van der Waals surface area contributed by atoms with E-state index < -0.39 is 27.0 Å². The molecule has 0 bridgehead atoms. The Morgan fingerprint density at radius 2 is 0.909 bits per heavy atom. The summed E-state index contributed by atoms with van der Waals surface area (Å²) in [6.45, 7) is 7.88. The second-order valence-corrected chi connectivity index (χ2v) is 13.1. The lowest BCUT2D eigenvalue weighted by molar-refractivity contribution is 0.0450. The number of allylic oxidation sites excluding steroid dienone is 2. The number of unbranched alkanes of at least 4 members (excludes halogenated alkanes) is 20. The van der Waals surface area contributed by atoms with Crippen LogP contribution in [0.25, 0.3) is 0 Å². The smallest absolute Gasteiger partial charge is 0.339 e. The van der Waals surface area contributed by atoms with Gasteiger partial charge >= 0.3 is 11.9 Å². The Hall–Kier alpha value is -2.45. The second kappa shape index (κ2) is 25.8. The fourth-order valence-corrected chi connectivity index (χ4v) is 5.63. The van der Waals surface area contributed by atoms with Crippen molar-refractivity contribution in [2.24, 2.45) is 0 Å². The van der Waals surface area contributed by atoms with Crippen molar-refractivity contribution in [1.29, 1.82) is 0 Å². The SMILES string of the molecule is C=CCCCCCCCCCCCCOC(=O)c1ccc(S(=O)(=O)O)cc1C(=O)OCCCCCCCCCCCCC=C. The van der Waals surface area contributed by atoms with Crippen molar-refractivity contribution in [3.63, 3.8) is 0 Å². The minimum absolute atomic E-state index is 0.0695. The van der Waals surface area contributed by atoms with E-state index in [9.17, 15) is 22.6 Å². The molecule has 8 heteroatoms. The summed E-state index contributed by atoms with van der Waals surface area (Å²) in [6.07, 6.45) is 28.8. The number of hydrogen-bond donors (Lipinski definition) is 1. The third kappa shape index (κ3) is 19.8. The number of carbonyl (C=O) groups excluding carboxylic acids is 2. The van der Waals surface area contributed by atoms with Gasteiger partial charge in [-0.1, -0.05) is 115 Å². The van der Waals surface area contributed by atoms with Crippen LogP contribution in [0.3, 0.4) is 0 Å². The standard InChI is InChI=1S/C36H58O7S/c1-3-5-7-9-11-13-15-17-19-21-23-25-29-42-35(37)33-28-27-32(44(39,40)41)31-34(33)36(38)43-30-26-24-22-20-18-16-14-12-10-8-6-4-2/h3-4,27-28,31H,1-2,5-26,29-30H2,(H,39,40,41). The summed E-state index contributed by atoms with van der Waals surface area (Å²) < 4.78 is 43.5. The third-order valence-corrected chi connectivity index (χ3v) is 8.65. The Morgan fingerprint density at radius 1 is 0.568 bits per heavy atom. The molecule has 0 unspecified atom stereocenters. The van der Waals surface area contributed by atoms with E-state index in [1.165, 1.54) is 83.1 Å². The number of hydrogen-bond acceptors (Lipinski definition) is 6. The maximum Gasteiger partial charge on any atom is 0.339 e. The number of benzene rings is 1. The minimum Gasteiger partial charge on any atom is -0.462 e. The van der Waals surface area contributed by atoms with Gasteiger partial charge in [-0.2, -0.15) is 8.42 Å². The lowest BCUT2D eigenvalue weighted by atomic mass is 10.1. The fraction of sp³-hybridized carbons (Fsp3) is 0.667. The first kappa shape index (κ1) is 39.6. The Balaban J connectivity index is 2.36. The van der Waals surface area contributed by atoms with Crippen LogP contribution in [0.2, 0.25) is 0 Å². The Labute approximate surface area is 267 Å². The Kier molecular flexibility index (Phi) is 23.2. The van der Waals surface area contributed by atoms with Gasteiger partial charge in [0.1, 0.15) is 0 Å².